The monoisotopic (exact) mass is 346 g/mol. The van der Waals surface area contributed by atoms with Crippen LogP contribution < -0.4 is 20.1 Å². The van der Waals surface area contributed by atoms with Crippen LogP contribution in [0, 0.1) is 6.92 Å². The molecule has 0 radical (unpaired) electrons. The Bertz CT molecular complexity index is 749. The largest absolute Gasteiger partial charge is 0.486 e. The van der Waals surface area contributed by atoms with Gasteiger partial charge >= 0.3 is 6.03 Å². The predicted octanol–water partition coefficient (Wildman–Crippen LogP) is 3.78. The van der Waals surface area contributed by atoms with Crippen molar-refractivity contribution in [2.75, 3.05) is 25.1 Å². The number of anilines is 1. The number of carbonyl (C=O) groups is 1. The highest BCUT2D eigenvalue weighted by atomic mass is 35.5. The van der Waals surface area contributed by atoms with Crippen LogP contribution in [-0.2, 0) is 6.42 Å². The van der Waals surface area contributed by atoms with E-state index in [1.54, 1.807) is 12.1 Å². The minimum absolute atomic E-state index is 0.252. The standard InChI is InChI=1S/C18H19ClN2O3/c1-12-14(19)3-2-4-15(12)21-18(22)20-8-7-13-5-6-16-17(11-13)24-10-9-23-16/h2-6,11H,7-10H2,1H3,(H2,20,21,22). The Morgan fingerprint density at radius 1 is 1.17 bits per heavy atom. The third-order valence-electron chi connectivity index (χ3n) is 3.82. The van der Waals surface area contributed by atoms with Gasteiger partial charge in [0, 0.05) is 17.3 Å². The first-order valence-corrected chi connectivity index (χ1v) is 8.20. The van der Waals surface area contributed by atoms with E-state index >= 15 is 0 Å². The fraction of sp³-hybridized carbons (Fsp3) is 0.278. The summed E-state index contributed by atoms with van der Waals surface area (Å²) in [4.78, 5) is 12.0. The van der Waals surface area contributed by atoms with Gasteiger partial charge in [0.1, 0.15) is 13.2 Å². The zero-order valence-electron chi connectivity index (χ0n) is 13.4. The minimum Gasteiger partial charge on any atom is -0.486 e. The number of hydrogen-bond acceptors (Lipinski definition) is 3. The average molecular weight is 347 g/mol. The van der Waals surface area contributed by atoms with Crippen LogP contribution in [0.25, 0.3) is 0 Å². The molecule has 2 N–H and O–H groups in total. The highest BCUT2D eigenvalue weighted by Crippen LogP contribution is 2.30. The highest BCUT2D eigenvalue weighted by molar-refractivity contribution is 6.31. The summed E-state index contributed by atoms with van der Waals surface area (Å²) in [7, 11) is 0. The van der Waals surface area contributed by atoms with Crippen molar-refractivity contribution in [1.29, 1.82) is 0 Å². The molecule has 2 aromatic rings. The molecule has 0 bridgehead atoms. The van der Waals surface area contributed by atoms with Crippen molar-refractivity contribution in [2.24, 2.45) is 0 Å². The number of benzene rings is 2. The summed E-state index contributed by atoms with van der Waals surface area (Å²) in [5.74, 6) is 1.53. The molecule has 1 aliphatic rings. The molecule has 0 aliphatic carbocycles. The van der Waals surface area contributed by atoms with E-state index in [0.29, 0.717) is 36.9 Å². The summed E-state index contributed by atoms with van der Waals surface area (Å²) in [6.45, 7) is 3.53. The molecule has 6 heteroatoms. The third kappa shape index (κ3) is 3.92. The molecule has 3 rings (SSSR count). The number of ether oxygens (including phenoxy) is 2. The zero-order valence-corrected chi connectivity index (χ0v) is 14.2. The van der Waals surface area contributed by atoms with Crippen molar-refractivity contribution in [1.82, 2.24) is 5.32 Å². The fourth-order valence-corrected chi connectivity index (χ4v) is 2.65. The first-order valence-electron chi connectivity index (χ1n) is 7.82. The zero-order chi connectivity index (χ0) is 16.9. The average Bonchev–Trinajstić information content (AvgIpc) is 2.59. The molecular formula is C18H19ClN2O3. The topological polar surface area (TPSA) is 59.6 Å². The first kappa shape index (κ1) is 16.5. The molecule has 0 atom stereocenters. The van der Waals surface area contributed by atoms with Gasteiger partial charge in [-0.25, -0.2) is 4.79 Å². The molecule has 0 saturated carbocycles. The number of carbonyl (C=O) groups excluding carboxylic acids is 1. The van der Waals surface area contributed by atoms with Gasteiger partial charge in [-0.15, -0.1) is 0 Å². The van der Waals surface area contributed by atoms with Gasteiger partial charge in [0.25, 0.3) is 0 Å². The summed E-state index contributed by atoms with van der Waals surface area (Å²) in [6, 6.07) is 11.0. The number of amides is 2. The molecule has 1 heterocycles. The van der Waals surface area contributed by atoms with Crippen molar-refractivity contribution in [3.05, 3.63) is 52.5 Å². The molecule has 0 fully saturated rings. The molecule has 0 saturated heterocycles. The third-order valence-corrected chi connectivity index (χ3v) is 4.23. The molecule has 0 unspecified atom stereocenters. The minimum atomic E-state index is -0.252. The predicted molar refractivity (Wildman–Crippen MR) is 94.3 cm³/mol. The highest BCUT2D eigenvalue weighted by Gasteiger charge is 2.12. The summed E-state index contributed by atoms with van der Waals surface area (Å²) >= 11 is 6.05. The summed E-state index contributed by atoms with van der Waals surface area (Å²) in [5, 5.41) is 6.28. The Hall–Kier alpha value is -2.40. The Morgan fingerprint density at radius 2 is 1.96 bits per heavy atom. The lowest BCUT2D eigenvalue weighted by Gasteiger charge is -2.19. The van der Waals surface area contributed by atoms with E-state index in [9.17, 15) is 4.79 Å². The van der Waals surface area contributed by atoms with E-state index in [2.05, 4.69) is 10.6 Å². The van der Waals surface area contributed by atoms with Gasteiger partial charge in [0.15, 0.2) is 11.5 Å². The van der Waals surface area contributed by atoms with Gasteiger partial charge < -0.3 is 20.1 Å². The second-order valence-corrected chi connectivity index (χ2v) is 5.93. The van der Waals surface area contributed by atoms with E-state index in [4.69, 9.17) is 21.1 Å². The quantitative estimate of drug-likeness (QED) is 0.885. The van der Waals surface area contributed by atoms with Gasteiger partial charge in [-0.05, 0) is 48.7 Å². The maximum Gasteiger partial charge on any atom is 0.319 e. The van der Waals surface area contributed by atoms with Gasteiger partial charge in [-0.3, -0.25) is 0 Å². The van der Waals surface area contributed by atoms with Crippen molar-refractivity contribution >= 4 is 23.3 Å². The smallest absolute Gasteiger partial charge is 0.319 e. The molecule has 24 heavy (non-hydrogen) atoms. The maximum atomic E-state index is 12.0. The molecule has 2 aromatic carbocycles. The summed E-state index contributed by atoms with van der Waals surface area (Å²) < 4.78 is 11.1. The molecule has 126 valence electrons. The van der Waals surface area contributed by atoms with Crippen LogP contribution in [-0.4, -0.2) is 25.8 Å². The molecule has 1 aliphatic heterocycles. The second-order valence-electron chi connectivity index (χ2n) is 5.52. The Labute approximate surface area is 145 Å². The van der Waals surface area contributed by atoms with E-state index in [1.165, 1.54) is 0 Å². The van der Waals surface area contributed by atoms with Crippen molar-refractivity contribution in [2.45, 2.75) is 13.3 Å². The van der Waals surface area contributed by atoms with Crippen LogP contribution in [0.1, 0.15) is 11.1 Å². The van der Waals surface area contributed by atoms with Gasteiger partial charge in [0.05, 0.1) is 0 Å². The van der Waals surface area contributed by atoms with Crippen LogP contribution in [0.15, 0.2) is 36.4 Å². The molecular weight excluding hydrogens is 328 g/mol. The number of halogens is 1. The van der Waals surface area contributed by atoms with Crippen LogP contribution >= 0.6 is 11.6 Å². The molecule has 0 aromatic heterocycles. The summed E-state index contributed by atoms with van der Waals surface area (Å²) in [6.07, 6.45) is 0.707. The molecule has 5 nitrogen and oxygen atoms in total. The number of nitrogens with one attached hydrogen (secondary N) is 2. The van der Waals surface area contributed by atoms with Crippen molar-refractivity contribution in [3.8, 4) is 11.5 Å². The normalized spacial score (nSPS) is 12.6. The van der Waals surface area contributed by atoms with Gasteiger partial charge in [0.2, 0.25) is 0 Å². The maximum absolute atomic E-state index is 12.0. The number of rotatable bonds is 4. The Kier molecular flexibility index (Phi) is 5.11. The molecule has 0 spiro atoms. The lowest BCUT2D eigenvalue weighted by atomic mass is 10.1. The number of urea groups is 1. The van der Waals surface area contributed by atoms with E-state index in [-0.39, 0.29) is 6.03 Å². The first-order chi connectivity index (χ1) is 11.6. The van der Waals surface area contributed by atoms with Crippen molar-refractivity contribution < 1.29 is 14.3 Å². The van der Waals surface area contributed by atoms with Gasteiger partial charge in [-0.1, -0.05) is 23.7 Å². The van der Waals surface area contributed by atoms with Crippen LogP contribution in [0.5, 0.6) is 11.5 Å². The number of fused-ring (bicyclic) bond motifs is 1. The SMILES string of the molecule is Cc1c(Cl)cccc1NC(=O)NCCc1ccc2c(c1)OCCO2. The van der Waals surface area contributed by atoms with Crippen LogP contribution in [0.4, 0.5) is 10.5 Å². The Balaban J connectivity index is 1.51. The van der Waals surface area contributed by atoms with E-state index < -0.39 is 0 Å². The number of hydrogen-bond donors (Lipinski definition) is 2. The van der Waals surface area contributed by atoms with Crippen LogP contribution in [0.3, 0.4) is 0 Å². The summed E-state index contributed by atoms with van der Waals surface area (Å²) in [5.41, 5.74) is 2.64. The van der Waals surface area contributed by atoms with Crippen LogP contribution in [0.2, 0.25) is 5.02 Å². The van der Waals surface area contributed by atoms with E-state index in [0.717, 1.165) is 22.6 Å². The lowest BCUT2D eigenvalue weighted by molar-refractivity contribution is 0.171. The van der Waals surface area contributed by atoms with Crippen molar-refractivity contribution in [3.63, 3.8) is 0 Å². The Morgan fingerprint density at radius 3 is 2.79 bits per heavy atom. The second kappa shape index (κ2) is 7.45. The van der Waals surface area contributed by atoms with Gasteiger partial charge in [-0.2, -0.15) is 0 Å². The molecule has 2 amide bonds. The fourth-order valence-electron chi connectivity index (χ4n) is 2.47. The lowest BCUT2D eigenvalue weighted by Crippen LogP contribution is -2.30. The van der Waals surface area contributed by atoms with E-state index in [1.807, 2.05) is 31.2 Å².